The Morgan fingerprint density at radius 1 is 1.00 bits per heavy atom. The molecule has 0 unspecified atom stereocenters. The van der Waals surface area contributed by atoms with Gasteiger partial charge in [0.1, 0.15) is 17.4 Å². The summed E-state index contributed by atoms with van der Waals surface area (Å²) in [7, 11) is 1.56. The highest BCUT2D eigenvalue weighted by atomic mass is 19.1. The number of carbonyl (C=O) groups is 2. The van der Waals surface area contributed by atoms with Gasteiger partial charge in [-0.25, -0.2) is 8.78 Å². The van der Waals surface area contributed by atoms with Crippen LogP contribution in [0.1, 0.15) is 39.5 Å². The number of Topliss-reactive ketones (excluding diaryl/α,β-unsaturated/α-hetero) is 1. The van der Waals surface area contributed by atoms with Crippen LogP contribution in [-0.4, -0.2) is 28.7 Å². The maximum Gasteiger partial charge on any atom is 0.251 e. The van der Waals surface area contributed by atoms with Gasteiger partial charge in [0.2, 0.25) is 0 Å². The molecule has 1 amide bonds. The fourth-order valence-electron chi connectivity index (χ4n) is 5.14. The normalized spacial score (nSPS) is 11.9. The Morgan fingerprint density at radius 3 is 2.58 bits per heavy atom. The van der Waals surface area contributed by atoms with Crippen molar-refractivity contribution >= 4 is 28.3 Å². The number of carbonyl (C=O) groups excluding carboxylic acids is 2. The molecule has 2 aromatic heterocycles. The topological polar surface area (TPSA) is 101 Å². The molecule has 8 heteroatoms. The Labute approximate surface area is 230 Å². The van der Waals surface area contributed by atoms with E-state index in [1.54, 1.807) is 49.8 Å². The van der Waals surface area contributed by atoms with Crippen molar-refractivity contribution in [1.82, 2.24) is 15.3 Å². The lowest BCUT2D eigenvalue weighted by Gasteiger charge is -2.20. The van der Waals surface area contributed by atoms with E-state index < -0.39 is 17.6 Å². The monoisotopic (exact) mass is 538 g/mol. The van der Waals surface area contributed by atoms with Gasteiger partial charge in [0.05, 0.1) is 5.69 Å². The quantitative estimate of drug-likeness (QED) is 0.201. The summed E-state index contributed by atoms with van der Waals surface area (Å²) >= 11 is 0. The number of nitrogens with zero attached hydrogens (tertiary/aromatic N) is 1. The second-order valence-electron chi connectivity index (χ2n) is 9.81. The molecule has 0 aliphatic heterocycles. The molecule has 0 spiro atoms. The third-order valence-corrected chi connectivity index (χ3v) is 6.95. The number of rotatable bonds is 9. The smallest absolute Gasteiger partial charge is 0.251 e. The average molecular weight is 539 g/mol. The number of halogens is 2. The predicted molar refractivity (Wildman–Crippen MR) is 152 cm³/mol. The van der Waals surface area contributed by atoms with Crippen LogP contribution in [0.4, 0.5) is 14.5 Å². The van der Waals surface area contributed by atoms with E-state index in [0.717, 1.165) is 33.7 Å². The van der Waals surface area contributed by atoms with Crippen molar-refractivity contribution in [2.75, 3.05) is 12.8 Å². The molecule has 40 heavy (non-hydrogen) atoms. The molecule has 0 fully saturated rings. The van der Waals surface area contributed by atoms with Crippen LogP contribution in [0.5, 0.6) is 0 Å². The van der Waals surface area contributed by atoms with E-state index >= 15 is 0 Å². The van der Waals surface area contributed by atoms with Crippen molar-refractivity contribution in [2.45, 2.75) is 25.2 Å². The maximum atomic E-state index is 14.1. The fraction of sp³-hybridized carbons (Fsp3) is 0.156. The summed E-state index contributed by atoms with van der Waals surface area (Å²) < 4.78 is 28.2. The molecule has 0 bridgehead atoms. The first kappa shape index (κ1) is 26.7. The van der Waals surface area contributed by atoms with E-state index in [4.69, 9.17) is 5.73 Å². The minimum Gasteiger partial charge on any atom is -0.399 e. The van der Waals surface area contributed by atoms with Crippen molar-refractivity contribution in [3.8, 4) is 11.1 Å². The average Bonchev–Trinajstić information content (AvgIpc) is 3.33. The molecular weight excluding hydrogens is 510 g/mol. The van der Waals surface area contributed by atoms with Crippen LogP contribution in [0.3, 0.4) is 0 Å². The van der Waals surface area contributed by atoms with Gasteiger partial charge in [-0.3, -0.25) is 14.6 Å². The molecule has 1 atom stereocenters. The third-order valence-electron chi connectivity index (χ3n) is 6.95. The maximum absolute atomic E-state index is 14.1. The number of nitrogens with one attached hydrogen (secondary N) is 2. The summed E-state index contributed by atoms with van der Waals surface area (Å²) in [6.45, 7) is 0. The molecule has 202 valence electrons. The van der Waals surface area contributed by atoms with Crippen LogP contribution in [-0.2, 0) is 17.6 Å². The van der Waals surface area contributed by atoms with E-state index in [-0.39, 0.29) is 31.0 Å². The second-order valence-corrected chi connectivity index (χ2v) is 9.81. The molecule has 0 radical (unpaired) electrons. The summed E-state index contributed by atoms with van der Waals surface area (Å²) in [4.78, 5) is 33.6. The lowest BCUT2D eigenvalue weighted by Crippen LogP contribution is -2.17. The van der Waals surface area contributed by atoms with Gasteiger partial charge in [-0.05, 0) is 71.6 Å². The number of hydrogen-bond donors (Lipinski definition) is 3. The number of amides is 1. The molecule has 3 aromatic carbocycles. The number of fused-ring (bicyclic) bond motifs is 1. The number of anilines is 1. The molecule has 0 aliphatic carbocycles. The number of aromatic amines is 1. The van der Waals surface area contributed by atoms with E-state index in [9.17, 15) is 18.4 Å². The van der Waals surface area contributed by atoms with Crippen molar-refractivity contribution in [3.63, 3.8) is 0 Å². The highest BCUT2D eigenvalue weighted by Gasteiger charge is 2.23. The highest BCUT2D eigenvalue weighted by Crippen LogP contribution is 2.33. The van der Waals surface area contributed by atoms with Crippen LogP contribution < -0.4 is 11.1 Å². The van der Waals surface area contributed by atoms with Gasteiger partial charge >= 0.3 is 0 Å². The molecule has 6 nitrogen and oxygen atoms in total. The molecule has 0 saturated carbocycles. The zero-order valence-corrected chi connectivity index (χ0v) is 21.9. The molecule has 0 saturated heterocycles. The van der Waals surface area contributed by atoms with Gasteiger partial charge < -0.3 is 16.0 Å². The molecular formula is C32H28F2N4O2. The SMILES string of the molecule is CNC(=O)c1cccc(-c2cccnc2[C@@H](CC(=O)Cc2c[nH]c3ccc(N)cc23)Cc2cc(F)cc(F)c2)c1. The van der Waals surface area contributed by atoms with Crippen LogP contribution in [0, 0.1) is 11.6 Å². The molecule has 0 aliphatic rings. The predicted octanol–water partition coefficient (Wildman–Crippen LogP) is 5.98. The number of nitrogen functional groups attached to an aromatic ring is 1. The number of benzene rings is 3. The zero-order chi connectivity index (χ0) is 28.2. The van der Waals surface area contributed by atoms with Gasteiger partial charge in [-0.1, -0.05) is 18.2 Å². The zero-order valence-electron chi connectivity index (χ0n) is 21.9. The summed E-state index contributed by atoms with van der Waals surface area (Å²) in [6.07, 6.45) is 3.88. The Hall–Kier alpha value is -4.85. The number of pyridine rings is 1. The van der Waals surface area contributed by atoms with Gasteiger partial charge in [0.25, 0.3) is 5.91 Å². The summed E-state index contributed by atoms with van der Waals surface area (Å²) in [5.41, 5.74) is 11.3. The molecule has 2 heterocycles. The Bertz CT molecular complexity index is 1690. The third kappa shape index (κ3) is 5.91. The second kappa shape index (κ2) is 11.5. The largest absolute Gasteiger partial charge is 0.399 e. The minimum atomic E-state index is -0.684. The minimum absolute atomic E-state index is 0.0547. The van der Waals surface area contributed by atoms with Gasteiger partial charge in [0.15, 0.2) is 0 Å². The Kier molecular flexibility index (Phi) is 7.68. The fourth-order valence-corrected chi connectivity index (χ4v) is 5.14. The van der Waals surface area contributed by atoms with Gasteiger partial charge in [0, 0.05) is 72.0 Å². The number of H-pyrrole nitrogens is 1. The van der Waals surface area contributed by atoms with Crippen LogP contribution in [0.2, 0.25) is 0 Å². The van der Waals surface area contributed by atoms with E-state index in [0.29, 0.717) is 22.5 Å². The highest BCUT2D eigenvalue weighted by molar-refractivity contribution is 5.95. The van der Waals surface area contributed by atoms with E-state index in [2.05, 4.69) is 15.3 Å². The Balaban J connectivity index is 1.51. The van der Waals surface area contributed by atoms with E-state index in [1.165, 1.54) is 12.1 Å². The summed E-state index contributed by atoms with van der Waals surface area (Å²) in [6, 6.07) is 19.6. The van der Waals surface area contributed by atoms with Crippen LogP contribution >= 0.6 is 0 Å². The van der Waals surface area contributed by atoms with Gasteiger partial charge in [-0.15, -0.1) is 0 Å². The standard InChI is InChI=1S/C32H28F2N4O2/c1-36-32(40)21-5-2-4-20(13-21)28-6-3-9-37-31(28)22(10-19-11-24(33)16-25(34)12-19)14-27(39)15-23-18-38-30-8-7-26(35)17-29(23)30/h2-9,11-13,16-18,22,38H,10,14-15,35H2,1H3,(H,36,40)/t22-/m1/s1. The molecule has 5 aromatic rings. The molecule has 4 N–H and O–H groups in total. The van der Waals surface area contributed by atoms with Crippen molar-refractivity contribution in [2.24, 2.45) is 0 Å². The summed E-state index contributed by atoms with van der Waals surface area (Å²) in [5.74, 6) is -2.13. The van der Waals surface area contributed by atoms with Crippen LogP contribution in [0.25, 0.3) is 22.0 Å². The Morgan fingerprint density at radius 2 is 1.80 bits per heavy atom. The number of ketones is 1. The van der Waals surface area contributed by atoms with Crippen molar-refractivity contribution in [1.29, 1.82) is 0 Å². The van der Waals surface area contributed by atoms with Gasteiger partial charge in [-0.2, -0.15) is 0 Å². The first-order chi connectivity index (χ1) is 19.3. The van der Waals surface area contributed by atoms with Crippen LogP contribution in [0.15, 0.2) is 85.2 Å². The number of aromatic nitrogens is 2. The number of nitrogens with two attached hydrogens (primary N) is 1. The lowest BCUT2D eigenvalue weighted by molar-refractivity contribution is -0.118. The van der Waals surface area contributed by atoms with Crippen molar-refractivity contribution < 1.29 is 18.4 Å². The van der Waals surface area contributed by atoms with E-state index in [1.807, 2.05) is 24.3 Å². The molecule has 5 rings (SSSR count). The van der Waals surface area contributed by atoms with Crippen molar-refractivity contribution in [3.05, 3.63) is 119 Å². The summed E-state index contributed by atoms with van der Waals surface area (Å²) in [5, 5.41) is 3.50. The lowest BCUT2D eigenvalue weighted by atomic mass is 9.85. The first-order valence-electron chi connectivity index (χ1n) is 12.9. The number of hydrogen-bond acceptors (Lipinski definition) is 4. The first-order valence-corrected chi connectivity index (χ1v) is 12.9.